The molecule has 1 atom stereocenters. The average molecular weight is 1140 g/mol. The van der Waals surface area contributed by atoms with Crippen molar-refractivity contribution in [1.82, 2.24) is 23.3 Å². The summed E-state index contributed by atoms with van der Waals surface area (Å²) in [6.45, 7) is 8.74. The van der Waals surface area contributed by atoms with Gasteiger partial charge in [0.2, 0.25) is 0 Å². The molecule has 0 saturated heterocycles. The summed E-state index contributed by atoms with van der Waals surface area (Å²) >= 11 is 0. The predicted octanol–water partition coefficient (Wildman–Crippen LogP) is 20.6. The highest BCUT2D eigenvalue weighted by Gasteiger charge is 2.54. The van der Waals surface area contributed by atoms with Crippen molar-refractivity contribution in [3.8, 4) is 62.3 Å². The van der Waals surface area contributed by atoms with Gasteiger partial charge in [-0.3, -0.25) is 4.98 Å². The summed E-state index contributed by atoms with van der Waals surface area (Å²) in [6, 6.07) is 95.7. The van der Waals surface area contributed by atoms with E-state index in [4.69, 9.17) is 4.98 Å². The van der Waals surface area contributed by atoms with Crippen LogP contribution in [0.5, 0.6) is 0 Å². The lowest BCUT2D eigenvalue weighted by molar-refractivity contribution is 0.793. The minimum absolute atomic E-state index is 0.535. The van der Waals surface area contributed by atoms with Crippen molar-refractivity contribution in [1.29, 1.82) is 5.26 Å². The average Bonchev–Trinajstić information content (AvgIpc) is 1.58. The van der Waals surface area contributed by atoms with Crippen LogP contribution in [0.15, 0.2) is 255 Å². The summed E-state index contributed by atoms with van der Waals surface area (Å²) in [5, 5.41) is 22.3. The van der Waals surface area contributed by atoms with E-state index in [0.29, 0.717) is 5.56 Å². The van der Waals surface area contributed by atoms with Crippen molar-refractivity contribution in [2.24, 2.45) is 0 Å². The lowest BCUT2D eigenvalue weighted by atomic mass is 9.68. The SMILES string of the molecule is Cc1ccc2c(c1)c1ccccc1n2-c1c(C#N)c(-n2c3ccccc3c3cc(C)ccc32)c(-n2c3ccccc3c3cc(C)ccc32)c(-c2cccc3c2C2(c4ccccc4-3)c3ccccc3-c3ncccc32)c1-n1c2ccccc2c2cc(C)ccc21. The van der Waals surface area contributed by atoms with Gasteiger partial charge in [-0.1, -0.05) is 192 Å². The Hall–Kier alpha value is -11.5. The molecule has 12 aromatic carbocycles. The Bertz CT molecular complexity index is 5740. The van der Waals surface area contributed by atoms with Gasteiger partial charge in [0, 0.05) is 60.4 Å². The minimum Gasteiger partial charge on any atom is -0.306 e. The zero-order valence-electron chi connectivity index (χ0n) is 49.4. The van der Waals surface area contributed by atoms with Crippen LogP contribution in [-0.2, 0) is 5.41 Å². The van der Waals surface area contributed by atoms with Gasteiger partial charge in [-0.05, 0) is 146 Å². The molecule has 19 rings (SSSR count). The van der Waals surface area contributed by atoms with Crippen LogP contribution in [0.4, 0.5) is 0 Å². The van der Waals surface area contributed by atoms with Crippen molar-refractivity contribution in [2.75, 3.05) is 0 Å². The number of pyridine rings is 1. The van der Waals surface area contributed by atoms with Crippen molar-refractivity contribution >= 4 is 87.2 Å². The third kappa shape index (κ3) is 6.40. The lowest BCUT2D eigenvalue weighted by Crippen LogP contribution is -2.27. The maximum Gasteiger partial charge on any atom is 0.104 e. The second kappa shape index (κ2) is 18.0. The summed E-state index contributed by atoms with van der Waals surface area (Å²) in [6.07, 6.45) is 1.95. The largest absolute Gasteiger partial charge is 0.306 e. The number of rotatable bonds is 5. The summed E-state index contributed by atoms with van der Waals surface area (Å²) < 4.78 is 9.98. The van der Waals surface area contributed by atoms with Gasteiger partial charge in [-0.15, -0.1) is 0 Å². The molecule has 0 radical (unpaired) electrons. The second-order valence-corrected chi connectivity index (χ2v) is 24.7. The number of nitrogens with zero attached hydrogens (tertiary/aromatic N) is 6. The molecule has 17 aromatic rings. The molecule has 89 heavy (non-hydrogen) atoms. The van der Waals surface area contributed by atoms with Gasteiger partial charge in [0.1, 0.15) is 11.6 Å². The molecule has 6 nitrogen and oxygen atoms in total. The summed E-state index contributed by atoms with van der Waals surface area (Å²) in [4.78, 5) is 5.33. The van der Waals surface area contributed by atoms with E-state index in [0.717, 1.165) is 155 Å². The van der Waals surface area contributed by atoms with E-state index in [2.05, 4.69) is 301 Å². The fourth-order valence-corrected chi connectivity index (χ4v) is 16.5. The van der Waals surface area contributed by atoms with Crippen LogP contribution >= 0.6 is 0 Å². The molecule has 1 spiro atoms. The highest BCUT2D eigenvalue weighted by atomic mass is 15.1. The highest BCUT2D eigenvalue weighted by Crippen LogP contribution is 2.65. The first-order valence-electron chi connectivity index (χ1n) is 30.8. The molecule has 6 heteroatoms. The summed E-state index contributed by atoms with van der Waals surface area (Å²) in [7, 11) is 0. The van der Waals surface area contributed by atoms with Gasteiger partial charge in [-0.25, -0.2) is 0 Å². The maximum absolute atomic E-state index is 13.4. The van der Waals surface area contributed by atoms with Gasteiger partial charge in [-0.2, -0.15) is 5.26 Å². The van der Waals surface area contributed by atoms with Gasteiger partial charge in [0.05, 0.1) is 78.0 Å². The molecule has 5 heterocycles. The Morgan fingerprint density at radius 1 is 0.315 bits per heavy atom. The summed E-state index contributed by atoms with van der Waals surface area (Å²) in [5.74, 6) is 0. The normalized spacial score (nSPS) is 14.1. The number of nitriles is 1. The van der Waals surface area contributed by atoms with Gasteiger partial charge in [0.15, 0.2) is 0 Å². The smallest absolute Gasteiger partial charge is 0.104 e. The molecule has 5 aromatic heterocycles. The Kier molecular flexibility index (Phi) is 10.1. The zero-order valence-corrected chi connectivity index (χ0v) is 49.4. The van der Waals surface area contributed by atoms with Crippen molar-refractivity contribution in [2.45, 2.75) is 33.1 Å². The number of hydrogen-bond donors (Lipinski definition) is 0. The Morgan fingerprint density at radius 2 is 0.663 bits per heavy atom. The number of para-hydroxylation sites is 4. The molecular formula is C83H54N6. The Labute approximate surface area is 513 Å². The molecule has 0 bridgehead atoms. The predicted molar refractivity (Wildman–Crippen MR) is 367 cm³/mol. The number of aryl methyl sites for hydroxylation is 4. The zero-order chi connectivity index (χ0) is 59.1. The van der Waals surface area contributed by atoms with E-state index in [1.54, 1.807) is 0 Å². The first-order chi connectivity index (χ1) is 43.8. The standard InChI is InChI=1S/C83H54N6/c1-48-34-38-72-60(43-48)53-20-7-13-30-68(53)86(72)79-64(47-84)80(87-69-31-14-8-21-54(69)61-44-49(2)35-39-73(61)87)82(89-71-33-16-10-23-56(71)63-46-51(4)37-41-75(63)89)76(81(79)88-70-32-15-9-22-55(70)62-45-50(3)36-40-74(62)88)59-26-17-25-57-52-19-5-11-27-65(52)83(77(57)59)66-28-12-6-24-58(66)78-67(83)29-18-42-85-78/h5-46H,1-4H3. The van der Waals surface area contributed by atoms with E-state index >= 15 is 0 Å². The molecule has 0 amide bonds. The van der Waals surface area contributed by atoms with Crippen LogP contribution in [0.2, 0.25) is 0 Å². The summed E-state index contributed by atoms with van der Waals surface area (Å²) in [5.41, 5.74) is 27.1. The fraction of sp³-hybridized carbons (Fsp3) is 0.0602. The first kappa shape index (κ1) is 49.7. The van der Waals surface area contributed by atoms with Crippen LogP contribution < -0.4 is 0 Å². The molecule has 416 valence electrons. The molecule has 0 fully saturated rings. The quantitative estimate of drug-likeness (QED) is 0.172. The van der Waals surface area contributed by atoms with Crippen LogP contribution in [0.3, 0.4) is 0 Å². The van der Waals surface area contributed by atoms with Gasteiger partial charge >= 0.3 is 0 Å². The topological polar surface area (TPSA) is 56.4 Å². The highest BCUT2D eigenvalue weighted by molar-refractivity contribution is 6.18. The molecule has 0 aliphatic heterocycles. The third-order valence-electron chi connectivity index (χ3n) is 19.8. The first-order valence-corrected chi connectivity index (χ1v) is 30.8. The van der Waals surface area contributed by atoms with Crippen molar-refractivity contribution < 1.29 is 0 Å². The molecule has 0 saturated carbocycles. The number of benzene rings is 12. The maximum atomic E-state index is 13.4. The lowest BCUT2D eigenvalue weighted by Gasteiger charge is -2.34. The monoisotopic (exact) mass is 1130 g/mol. The number of aromatic nitrogens is 5. The van der Waals surface area contributed by atoms with Gasteiger partial charge in [0.25, 0.3) is 0 Å². The molecule has 2 aliphatic rings. The van der Waals surface area contributed by atoms with E-state index in [9.17, 15) is 5.26 Å². The minimum atomic E-state index is -0.837. The van der Waals surface area contributed by atoms with Crippen LogP contribution in [-0.4, -0.2) is 23.3 Å². The van der Waals surface area contributed by atoms with E-state index in [1.807, 2.05) is 6.20 Å². The van der Waals surface area contributed by atoms with Crippen LogP contribution in [0, 0.1) is 39.0 Å². The number of hydrogen-bond acceptors (Lipinski definition) is 2. The second-order valence-electron chi connectivity index (χ2n) is 24.7. The van der Waals surface area contributed by atoms with Crippen molar-refractivity contribution in [3.05, 3.63) is 305 Å². The van der Waals surface area contributed by atoms with Crippen LogP contribution in [0.25, 0.3) is 143 Å². The van der Waals surface area contributed by atoms with Crippen LogP contribution in [0.1, 0.15) is 50.1 Å². The van der Waals surface area contributed by atoms with E-state index in [-0.39, 0.29) is 0 Å². The molecule has 1 unspecified atom stereocenters. The Morgan fingerprint density at radius 3 is 1.11 bits per heavy atom. The van der Waals surface area contributed by atoms with Crippen molar-refractivity contribution in [3.63, 3.8) is 0 Å². The molecule has 2 aliphatic carbocycles. The molecule has 0 N–H and O–H groups in total. The fourth-order valence-electron chi connectivity index (χ4n) is 16.5. The molecular weight excluding hydrogens is 1080 g/mol. The van der Waals surface area contributed by atoms with Gasteiger partial charge < -0.3 is 18.3 Å². The number of fused-ring (bicyclic) bond motifs is 22. The third-order valence-corrected chi connectivity index (χ3v) is 19.8. The van der Waals surface area contributed by atoms with E-state index < -0.39 is 5.41 Å². The Balaban J connectivity index is 1.18. The van der Waals surface area contributed by atoms with E-state index in [1.165, 1.54) is 33.4 Å².